The van der Waals surface area contributed by atoms with Gasteiger partial charge in [-0.1, -0.05) is 0 Å². The van der Waals surface area contributed by atoms with E-state index in [-0.39, 0.29) is 0 Å². The molecule has 2 aromatic heterocycles. The third kappa shape index (κ3) is 3.68. The Morgan fingerprint density at radius 2 is 2.33 bits per heavy atom. The van der Waals surface area contributed by atoms with Crippen LogP contribution in [0.5, 0.6) is 0 Å². The van der Waals surface area contributed by atoms with Crippen molar-refractivity contribution in [3.8, 4) is 0 Å². The number of aromatic nitrogens is 2. The minimum Gasteiger partial charge on any atom is -0.337 e. The summed E-state index contributed by atoms with van der Waals surface area (Å²) in [4.78, 5) is 5.50. The molecule has 98 valence electrons. The zero-order valence-corrected chi connectivity index (χ0v) is 11.9. The molecule has 0 amide bonds. The number of nitrogens with zero attached hydrogens (tertiary/aromatic N) is 2. The van der Waals surface area contributed by atoms with Gasteiger partial charge in [0.1, 0.15) is 0 Å². The number of hydrogen-bond donors (Lipinski definition) is 1. The Labute approximate surface area is 113 Å². The smallest absolute Gasteiger partial charge is 0.0945 e. The van der Waals surface area contributed by atoms with E-state index in [1.807, 2.05) is 30.1 Å². The van der Waals surface area contributed by atoms with Crippen molar-refractivity contribution in [2.45, 2.75) is 39.3 Å². The van der Waals surface area contributed by atoms with Crippen molar-refractivity contribution >= 4 is 11.3 Å². The van der Waals surface area contributed by atoms with Crippen molar-refractivity contribution in [2.75, 3.05) is 6.54 Å². The first kappa shape index (κ1) is 13.3. The van der Waals surface area contributed by atoms with E-state index in [4.69, 9.17) is 0 Å². The summed E-state index contributed by atoms with van der Waals surface area (Å²) in [5.74, 6) is 0. The Morgan fingerprint density at radius 1 is 1.44 bits per heavy atom. The molecule has 2 heterocycles. The van der Waals surface area contributed by atoms with Crippen LogP contribution in [0.1, 0.15) is 36.2 Å². The highest BCUT2D eigenvalue weighted by molar-refractivity contribution is 7.10. The van der Waals surface area contributed by atoms with Gasteiger partial charge < -0.3 is 9.88 Å². The number of thiophene rings is 1. The fourth-order valence-electron chi connectivity index (χ4n) is 2.08. The van der Waals surface area contributed by atoms with Crippen LogP contribution in [0.3, 0.4) is 0 Å². The number of unbranched alkanes of at least 4 members (excludes halogenated alkanes) is 1. The molecule has 18 heavy (non-hydrogen) atoms. The van der Waals surface area contributed by atoms with Crippen molar-refractivity contribution < 1.29 is 0 Å². The van der Waals surface area contributed by atoms with Gasteiger partial charge in [-0.15, -0.1) is 11.3 Å². The van der Waals surface area contributed by atoms with Gasteiger partial charge >= 0.3 is 0 Å². The van der Waals surface area contributed by atoms with E-state index in [2.05, 4.69) is 40.2 Å². The second-order valence-electron chi connectivity index (χ2n) is 4.65. The van der Waals surface area contributed by atoms with Gasteiger partial charge in [0.2, 0.25) is 0 Å². The highest BCUT2D eigenvalue weighted by Crippen LogP contribution is 2.23. The summed E-state index contributed by atoms with van der Waals surface area (Å²) in [6, 6.07) is 2.66. The third-order valence-electron chi connectivity index (χ3n) is 3.15. The Balaban J connectivity index is 1.62. The molecule has 0 aromatic carbocycles. The molecule has 0 bridgehead atoms. The molecular weight excluding hydrogens is 242 g/mol. The minimum atomic E-state index is 0.471. The molecule has 0 aliphatic carbocycles. The lowest BCUT2D eigenvalue weighted by Gasteiger charge is -2.13. The molecule has 2 aromatic rings. The first-order chi connectivity index (χ1) is 8.77. The SMILES string of the molecule is Cc1ccsc1C(C)NCCCCn1ccnc1. The van der Waals surface area contributed by atoms with Gasteiger partial charge in [0.25, 0.3) is 0 Å². The van der Waals surface area contributed by atoms with Crippen molar-refractivity contribution in [3.63, 3.8) is 0 Å². The molecule has 1 N–H and O–H groups in total. The summed E-state index contributed by atoms with van der Waals surface area (Å²) >= 11 is 1.84. The predicted molar refractivity (Wildman–Crippen MR) is 76.9 cm³/mol. The van der Waals surface area contributed by atoms with Gasteiger partial charge in [0, 0.05) is 29.9 Å². The third-order valence-corrected chi connectivity index (χ3v) is 4.35. The lowest BCUT2D eigenvalue weighted by Crippen LogP contribution is -2.19. The molecule has 0 aliphatic rings. The largest absolute Gasteiger partial charge is 0.337 e. The maximum Gasteiger partial charge on any atom is 0.0945 e. The monoisotopic (exact) mass is 263 g/mol. The summed E-state index contributed by atoms with van der Waals surface area (Å²) in [6.45, 7) is 6.57. The van der Waals surface area contributed by atoms with E-state index in [9.17, 15) is 0 Å². The highest BCUT2D eigenvalue weighted by atomic mass is 32.1. The molecule has 0 saturated carbocycles. The highest BCUT2D eigenvalue weighted by Gasteiger charge is 2.08. The van der Waals surface area contributed by atoms with E-state index >= 15 is 0 Å². The van der Waals surface area contributed by atoms with Crippen LogP contribution in [-0.4, -0.2) is 16.1 Å². The molecule has 2 rings (SSSR count). The molecule has 1 unspecified atom stereocenters. The van der Waals surface area contributed by atoms with E-state index in [0.717, 1.165) is 13.1 Å². The minimum absolute atomic E-state index is 0.471. The lowest BCUT2D eigenvalue weighted by atomic mass is 10.2. The fraction of sp³-hybridized carbons (Fsp3) is 0.500. The van der Waals surface area contributed by atoms with Crippen LogP contribution >= 0.6 is 11.3 Å². The summed E-state index contributed by atoms with van der Waals surface area (Å²) in [6.07, 6.45) is 8.13. The zero-order valence-electron chi connectivity index (χ0n) is 11.1. The van der Waals surface area contributed by atoms with Crippen LogP contribution in [-0.2, 0) is 6.54 Å². The standard InChI is InChI=1S/C14H21N3S/c1-12-5-10-18-14(12)13(2)16-6-3-4-8-17-9-7-15-11-17/h5,7,9-11,13,16H,3-4,6,8H2,1-2H3. The van der Waals surface area contributed by atoms with Gasteiger partial charge in [0.05, 0.1) is 6.33 Å². The van der Waals surface area contributed by atoms with Crippen LogP contribution in [0.15, 0.2) is 30.2 Å². The molecule has 0 aliphatic heterocycles. The first-order valence-electron chi connectivity index (χ1n) is 6.50. The van der Waals surface area contributed by atoms with E-state index < -0.39 is 0 Å². The van der Waals surface area contributed by atoms with Gasteiger partial charge in [-0.3, -0.25) is 0 Å². The van der Waals surface area contributed by atoms with Crippen LogP contribution in [0.25, 0.3) is 0 Å². The van der Waals surface area contributed by atoms with Crippen LogP contribution < -0.4 is 5.32 Å². The second kappa shape index (κ2) is 6.71. The molecule has 0 spiro atoms. The Kier molecular flexibility index (Phi) is 4.96. The number of rotatable bonds is 7. The molecular formula is C14H21N3S. The van der Waals surface area contributed by atoms with E-state index in [1.54, 1.807) is 0 Å². The van der Waals surface area contributed by atoms with Crippen molar-refractivity contribution in [2.24, 2.45) is 0 Å². The number of nitrogens with one attached hydrogen (secondary N) is 1. The Bertz CT molecular complexity index is 447. The van der Waals surface area contributed by atoms with E-state index in [0.29, 0.717) is 6.04 Å². The normalized spacial score (nSPS) is 12.8. The second-order valence-corrected chi connectivity index (χ2v) is 5.60. The van der Waals surface area contributed by atoms with Gasteiger partial charge in [-0.2, -0.15) is 0 Å². The number of hydrogen-bond acceptors (Lipinski definition) is 3. The van der Waals surface area contributed by atoms with Crippen LogP contribution in [0.4, 0.5) is 0 Å². The maximum atomic E-state index is 4.04. The quantitative estimate of drug-likeness (QED) is 0.776. The molecule has 4 heteroatoms. The van der Waals surface area contributed by atoms with Crippen molar-refractivity contribution in [1.29, 1.82) is 0 Å². The molecule has 3 nitrogen and oxygen atoms in total. The van der Waals surface area contributed by atoms with Gasteiger partial charge in [-0.05, 0) is 50.2 Å². The molecule has 0 radical (unpaired) electrons. The van der Waals surface area contributed by atoms with Gasteiger partial charge in [-0.25, -0.2) is 4.98 Å². The average Bonchev–Trinajstić information content (AvgIpc) is 2.99. The van der Waals surface area contributed by atoms with Crippen LogP contribution in [0.2, 0.25) is 0 Å². The van der Waals surface area contributed by atoms with E-state index in [1.165, 1.54) is 23.3 Å². The summed E-state index contributed by atoms with van der Waals surface area (Å²) in [5.41, 5.74) is 1.40. The predicted octanol–water partition coefficient (Wildman–Crippen LogP) is 3.38. The summed E-state index contributed by atoms with van der Waals surface area (Å²) in [7, 11) is 0. The van der Waals surface area contributed by atoms with Crippen LogP contribution in [0, 0.1) is 6.92 Å². The lowest BCUT2D eigenvalue weighted by molar-refractivity contribution is 0.526. The first-order valence-corrected chi connectivity index (χ1v) is 7.38. The van der Waals surface area contributed by atoms with Crippen molar-refractivity contribution in [1.82, 2.24) is 14.9 Å². The van der Waals surface area contributed by atoms with Crippen molar-refractivity contribution in [3.05, 3.63) is 40.6 Å². The molecule has 0 fully saturated rings. The summed E-state index contributed by atoms with van der Waals surface area (Å²) in [5, 5.41) is 5.76. The number of aryl methyl sites for hydroxylation is 2. The van der Waals surface area contributed by atoms with Gasteiger partial charge in [0.15, 0.2) is 0 Å². The average molecular weight is 263 g/mol. The Hall–Kier alpha value is -1.13. The molecule has 0 saturated heterocycles. The summed E-state index contributed by atoms with van der Waals surface area (Å²) < 4.78 is 2.13. The zero-order chi connectivity index (χ0) is 12.8. The number of imidazole rings is 1. The molecule has 1 atom stereocenters. The topological polar surface area (TPSA) is 29.9 Å². The maximum absolute atomic E-state index is 4.04. The Morgan fingerprint density at radius 3 is 3.00 bits per heavy atom. The fourth-order valence-corrected chi connectivity index (χ4v) is 3.04.